The lowest BCUT2D eigenvalue weighted by Gasteiger charge is -2.44. The highest BCUT2D eigenvalue weighted by atomic mass is 35.5. The summed E-state index contributed by atoms with van der Waals surface area (Å²) < 4.78 is 0. The van der Waals surface area contributed by atoms with Gasteiger partial charge in [-0.05, 0) is 37.4 Å². The van der Waals surface area contributed by atoms with Gasteiger partial charge in [0, 0.05) is 67.8 Å². The van der Waals surface area contributed by atoms with E-state index in [1.807, 2.05) is 11.8 Å². The number of rotatable bonds is 5. The highest BCUT2D eigenvalue weighted by Crippen LogP contribution is 2.29. The quantitative estimate of drug-likeness (QED) is 0.438. The van der Waals surface area contributed by atoms with Crippen LogP contribution in [0.2, 0.25) is 5.02 Å². The van der Waals surface area contributed by atoms with Crippen molar-refractivity contribution < 1.29 is 14.4 Å². The maximum absolute atomic E-state index is 13.5. The number of piperazine rings is 1. The van der Waals surface area contributed by atoms with Crippen molar-refractivity contribution in [3.8, 4) is 0 Å². The number of thiophene rings is 1. The van der Waals surface area contributed by atoms with Gasteiger partial charge < -0.3 is 14.8 Å². The number of H-pyrrole nitrogens is 1. The van der Waals surface area contributed by atoms with Crippen LogP contribution in [0.1, 0.15) is 39.4 Å². The number of nitrogens with zero attached hydrogens (tertiary/aromatic N) is 3. The summed E-state index contributed by atoms with van der Waals surface area (Å²) in [5, 5.41) is 2.90. The minimum absolute atomic E-state index is 0.00284. The van der Waals surface area contributed by atoms with Crippen LogP contribution in [-0.4, -0.2) is 76.5 Å². The zero-order valence-electron chi connectivity index (χ0n) is 19.1. The molecule has 0 aliphatic carbocycles. The van der Waals surface area contributed by atoms with Gasteiger partial charge in [0.2, 0.25) is 0 Å². The average molecular weight is 487 g/mol. The van der Waals surface area contributed by atoms with Gasteiger partial charge in [-0.1, -0.05) is 17.7 Å². The third-order valence-electron chi connectivity index (χ3n) is 6.16. The third-order valence-corrected chi connectivity index (χ3v) is 7.33. The summed E-state index contributed by atoms with van der Waals surface area (Å²) in [5.74, 6) is -1.42. The molecule has 1 aliphatic heterocycles. The molecule has 0 radical (unpaired) electrons. The van der Waals surface area contributed by atoms with Gasteiger partial charge in [-0.25, -0.2) is 0 Å². The first-order chi connectivity index (χ1) is 15.7. The Morgan fingerprint density at radius 3 is 2.58 bits per heavy atom. The maximum Gasteiger partial charge on any atom is 0.294 e. The number of aromatic amines is 1. The smallest absolute Gasteiger partial charge is 0.294 e. The largest absolute Gasteiger partial charge is 0.360 e. The van der Waals surface area contributed by atoms with Crippen LogP contribution in [0.4, 0.5) is 0 Å². The lowest BCUT2D eigenvalue weighted by atomic mass is 10.0. The van der Waals surface area contributed by atoms with E-state index in [0.29, 0.717) is 28.0 Å². The van der Waals surface area contributed by atoms with E-state index in [1.165, 1.54) is 30.1 Å². The molecule has 1 saturated heterocycles. The van der Waals surface area contributed by atoms with E-state index in [0.717, 1.165) is 13.1 Å². The van der Waals surface area contributed by atoms with Crippen molar-refractivity contribution in [3.05, 3.63) is 56.9 Å². The maximum atomic E-state index is 13.5. The predicted molar refractivity (Wildman–Crippen MR) is 131 cm³/mol. The van der Waals surface area contributed by atoms with E-state index >= 15 is 0 Å². The minimum atomic E-state index is -0.629. The number of hydrogen-bond acceptors (Lipinski definition) is 5. The highest BCUT2D eigenvalue weighted by molar-refractivity contribution is 7.09. The number of nitrogens with one attached hydrogen (secondary N) is 1. The Bertz CT molecular complexity index is 1200. The number of carbonyl (C=O) groups excluding carboxylic acids is 3. The number of Topliss-reactive ketones (excluding diaryl/α,β-unsaturated/α-hetero) is 1. The Hall–Kier alpha value is -2.68. The van der Waals surface area contributed by atoms with E-state index in [2.05, 4.69) is 34.3 Å². The molecule has 33 heavy (non-hydrogen) atoms. The monoisotopic (exact) mass is 486 g/mol. The highest BCUT2D eigenvalue weighted by Gasteiger charge is 2.33. The number of halogens is 1. The van der Waals surface area contributed by atoms with E-state index < -0.39 is 11.7 Å². The van der Waals surface area contributed by atoms with Crippen LogP contribution >= 0.6 is 22.9 Å². The van der Waals surface area contributed by atoms with E-state index in [9.17, 15) is 14.4 Å². The van der Waals surface area contributed by atoms with Gasteiger partial charge in [0.1, 0.15) is 0 Å². The number of fused-ring (bicyclic) bond motifs is 1. The van der Waals surface area contributed by atoms with Gasteiger partial charge in [0.25, 0.3) is 17.6 Å². The second kappa shape index (κ2) is 9.29. The Balaban J connectivity index is 1.60. The number of benzene rings is 1. The molecule has 1 fully saturated rings. The number of likely N-dealkylation sites (N-methyl/N-ethyl adjacent to an activating group) is 1. The first-order valence-corrected chi connectivity index (χ1v) is 12.1. The number of hydrogen-bond donors (Lipinski definition) is 1. The molecule has 1 aliphatic rings. The standard InChI is InChI=1S/C24H27ClN4O3S/c1-14-12-29(15(2)11-28(14)13-16-6-5-7-33-16)23(31)18-8-17-19(22(30)24(32)27(3)4)10-26-21(17)9-20(18)25/h5-10,14-15,26H,11-13H2,1-4H3/t14-,15+/m0/s1. The van der Waals surface area contributed by atoms with Gasteiger partial charge in [-0.15, -0.1) is 11.3 Å². The molecule has 1 aromatic carbocycles. The summed E-state index contributed by atoms with van der Waals surface area (Å²) in [6, 6.07) is 7.65. The van der Waals surface area contributed by atoms with E-state index in [-0.39, 0.29) is 23.6 Å². The van der Waals surface area contributed by atoms with Crippen LogP contribution in [-0.2, 0) is 11.3 Å². The SMILES string of the molecule is C[C@@H]1CN(Cc2cccs2)[C@@H](C)CN1C(=O)c1cc2c(C(=O)C(=O)N(C)C)c[nH]c2cc1Cl. The molecular formula is C24H27ClN4O3S. The average Bonchev–Trinajstić information content (AvgIpc) is 3.43. The molecule has 7 nitrogen and oxygen atoms in total. The van der Waals surface area contributed by atoms with Crippen LogP contribution in [0.25, 0.3) is 10.9 Å². The molecular weight excluding hydrogens is 460 g/mol. The van der Waals surface area contributed by atoms with E-state index in [1.54, 1.807) is 23.5 Å². The lowest BCUT2D eigenvalue weighted by molar-refractivity contribution is -0.124. The summed E-state index contributed by atoms with van der Waals surface area (Å²) >= 11 is 8.23. The first kappa shape index (κ1) is 23.5. The van der Waals surface area contributed by atoms with Crippen molar-refractivity contribution in [1.29, 1.82) is 0 Å². The van der Waals surface area contributed by atoms with Gasteiger partial charge in [0.15, 0.2) is 0 Å². The van der Waals surface area contributed by atoms with Gasteiger partial charge >= 0.3 is 0 Å². The predicted octanol–water partition coefficient (Wildman–Crippen LogP) is 3.89. The summed E-state index contributed by atoms with van der Waals surface area (Å²) in [6.07, 6.45) is 1.49. The summed E-state index contributed by atoms with van der Waals surface area (Å²) in [5.41, 5.74) is 1.17. The van der Waals surface area contributed by atoms with Crippen molar-refractivity contribution >= 4 is 51.4 Å². The molecule has 0 bridgehead atoms. The molecule has 3 aromatic rings. The third kappa shape index (κ3) is 4.55. The lowest BCUT2D eigenvalue weighted by Crippen LogP contribution is -2.57. The van der Waals surface area contributed by atoms with Crippen molar-refractivity contribution in [3.63, 3.8) is 0 Å². The van der Waals surface area contributed by atoms with Crippen molar-refractivity contribution in [2.45, 2.75) is 32.5 Å². The molecule has 0 saturated carbocycles. The second-order valence-corrected chi connectivity index (χ2v) is 10.2. The molecule has 2 aromatic heterocycles. The normalized spacial score (nSPS) is 19.1. The Morgan fingerprint density at radius 2 is 1.91 bits per heavy atom. The summed E-state index contributed by atoms with van der Waals surface area (Å²) in [6.45, 7) is 6.37. The molecule has 174 valence electrons. The molecule has 4 rings (SSSR count). The van der Waals surface area contributed by atoms with Crippen LogP contribution in [0.3, 0.4) is 0 Å². The molecule has 0 unspecified atom stereocenters. The Morgan fingerprint density at radius 1 is 1.15 bits per heavy atom. The molecule has 1 N–H and O–H groups in total. The summed E-state index contributed by atoms with van der Waals surface area (Å²) in [7, 11) is 3.06. The Kier molecular flexibility index (Phi) is 6.61. The van der Waals surface area contributed by atoms with Crippen LogP contribution in [0.5, 0.6) is 0 Å². The second-order valence-electron chi connectivity index (χ2n) is 8.77. The van der Waals surface area contributed by atoms with Gasteiger partial charge in [-0.2, -0.15) is 0 Å². The number of carbonyl (C=O) groups is 3. The van der Waals surface area contributed by atoms with Crippen LogP contribution in [0, 0.1) is 0 Å². The van der Waals surface area contributed by atoms with Crippen molar-refractivity contribution in [2.75, 3.05) is 27.2 Å². The van der Waals surface area contributed by atoms with E-state index in [4.69, 9.17) is 11.6 Å². The fourth-order valence-corrected chi connectivity index (χ4v) is 5.25. The van der Waals surface area contributed by atoms with Crippen LogP contribution < -0.4 is 0 Å². The molecule has 2 atom stereocenters. The van der Waals surface area contributed by atoms with Gasteiger partial charge in [-0.3, -0.25) is 19.3 Å². The van der Waals surface area contributed by atoms with Gasteiger partial charge in [0.05, 0.1) is 16.1 Å². The zero-order valence-corrected chi connectivity index (χ0v) is 20.7. The fraction of sp³-hybridized carbons (Fsp3) is 0.375. The molecule has 9 heteroatoms. The van der Waals surface area contributed by atoms with Crippen molar-refractivity contribution in [1.82, 2.24) is 19.7 Å². The topological polar surface area (TPSA) is 76.7 Å². The molecule has 0 spiro atoms. The van der Waals surface area contributed by atoms with Crippen molar-refractivity contribution in [2.24, 2.45) is 0 Å². The number of ketones is 1. The molecule has 3 heterocycles. The Labute approximate surface area is 201 Å². The summed E-state index contributed by atoms with van der Waals surface area (Å²) in [4.78, 5) is 48.2. The minimum Gasteiger partial charge on any atom is -0.360 e. The zero-order chi connectivity index (χ0) is 23.9. The number of aromatic nitrogens is 1. The van der Waals surface area contributed by atoms with Crippen LogP contribution in [0.15, 0.2) is 35.8 Å². The number of amides is 2. The fourth-order valence-electron chi connectivity index (χ4n) is 4.27. The first-order valence-electron chi connectivity index (χ1n) is 10.8. The molecule has 2 amide bonds.